The van der Waals surface area contributed by atoms with Crippen molar-refractivity contribution < 1.29 is 4.74 Å². The second kappa shape index (κ2) is 5.45. The van der Waals surface area contributed by atoms with E-state index in [-0.39, 0.29) is 11.5 Å². The fraction of sp³-hybridized carbons (Fsp3) is 0.692. The number of hydrogen-bond acceptors (Lipinski definition) is 4. The third-order valence-electron chi connectivity index (χ3n) is 2.67. The molecule has 17 heavy (non-hydrogen) atoms. The zero-order valence-corrected chi connectivity index (χ0v) is 11.7. The molecule has 1 rings (SSSR count). The van der Waals surface area contributed by atoms with Crippen LogP contribution >= 0.6 is 0 Å². The summed E-state index contributed by atoms with van der Waals surface area (Å²) in [5.41, 5.74) is 1.08. The van der Waals surface area contributed by atoms with Crippen LogP contribution < -0.4 is 5.32 Å². The number of ether oxygens (including phenoxy) is 1. The first-order valence-corrected chi connectivity index (χ1v) is 5.95. The molecule has 0 saturated heterocycles. The number of methoxy groups -OCH3 is 1. The Morgan fingerprint density at radius 1 is 1.35 bits per heavy atom. The van der Waals surface area contributed by atoms with Crippen LogP contribution in [-0.4, -0.2) is 30.2 Å². The maximum Gasteiger partial charge on any atom is 0.133 e. The summed E-state index contributed by atoms with van der Waals surface area (Å²) in [5, 5.41) is 3.08. The van der Waals surface area contributed by atoms with Crippen molar-refractivity contribution in [1.29, 1.82) is 0 Å². The van der Waals surface area contributed by atoms with Crippen LogP contribution in [0.1, 0.15) is 39.2 Å². The number of hydrogen-bond donors (Lipinski definition) is 1. The summed E-state index contributed by atoms with van der Waals surface area (Å²) < 4.78 is 5.25. The Labute approximate surface area is 104 Å². The molecule has 0 amide bonds. The van der Waals surface area contributed by atoms with Gasteiger partial charge in [-0.3, -0.25) is 0 Å². The summed E-state index contributed by atoms with van der Waals surface area (Å²) >= 11 is 0. The van der Waals surface area contributed by atoms with Crippen molar-refractivity contribution in [3.8, 4) is 0 Å². The van der Waals surface area contributed by atoms with E-state index < -0.39 is 0 Å². The first kappa shape index (κ1) is 13.9. The van der Waals surface area contributed by atoms with E-state index in [2.05, 4.69) is 36.1 Å². The van der Waals surface area contributed by atoms with Gasteiger partial charge in [-0.05, 0) is 6.92 Å². The van der Waals surface area contributed by atoms with Gasteiger partial charge in [0, 0.05) is 32.1 Å². The van der Waals surface area contributed by atoms with E-state index in [1.54, 1.807) is 7.11 Å². The van der Waals surface area contributed by atoms with Gasteiger partial charge in [-0.2, -0.15) is 0 Å². The van der Waals surface area contributed by atoms with Gasteiger partial charge < -0.3 is 10.1 Å². The van der Waals surface area contributed by atoms with Crippen molar-refractivity contribution in [2.75, 3.05) is 19.5 Å². The lowest BCUT2D eigenvalue weighted by molar-refractivity contribution is 0.117. The molecule has 1 unspecified atom stereocenters. The molecule has 0 aromatic carbocycles. The number of anilines is 1. The third kappa shape index (κ3) is 3.97. The van der Waals surface area contributed by atoms with E-state index in [4.69, 9.17) is 4.74 Å². The van der Waals surface area contributed by atoms with E-state index in [9.17, 15) is 0 Å². The van der Waals surface area contributed by atoms with Gasteiger partial charge in [0.05, 0.1) is 11.8 Å². The van der Waals surface area contributed by atoms with E-state index in [0.29, 0.717) is 0 Å². The molecule has 4 nitrogen and oxygen atoms in total. The SMILES string of the molecule is CNc1cc(C(C)(C)C)nc(CC(C)OC)n1. The molecule has 0 bridgehead atoms. The summed E-state index contributed by atoms with van der Waals surface area (Å²) in [6.07, 6.45) is 0.865. The van der Waals surface area contributed by atoms with Crippen molar-refractivity contribution >= 4 is 5.82 Å². The normalized spacial score (nSPS) is 13.5. The van der Waals surface area contributed by atoms with Gasteiger partial charge in [0.1, 0.15) is 11.6 Å². The second-order valence-corrected chi connectivity index (χ2v) is 5.31. The van der Waals surface area contributed by atoms with Crippen molar-refractivity contribution in [3.63, 3.8) is 0 Å². The first-order chi connectivity index (χ1) is 7.86. The molecule has 0 aliphatic carbocycles. The average molecular weight is 237 g/mol. The molecule has 0 aliphatic rings. The molecule has 96 valence electrons. The molecule has 1 atom stereocenters. The minimum absolute atomic E-state index is 0.0274. The Morgan fingerprint density at radius 3 is 2.47 bits per heavy atom. The molecule has 1 aromatic rings. The minimum Gasteiger partial charge on any atom is -0.381 e. The molecule has 0 spiro atoms. The van der Waals surface area contributed by atoms with Crippen LogP contribution in [0.15, 0.2) is 6.07 Å². The van der Waals surface area contributed by atoms with E-state index in [1.807, 2.05) is 20.0 Å². The molecule has 4 heteroatoms. The lowest BCUT2D eigenvalue weighted by atomic mass is 9.92. The van der Waals surface area contributed by atoms with E-state index in [0.717, 1.165) is 23.8 Å². The number of rotatable bonds is 4. The fourth-order valence-corrected chi connectivity index (χ4v) is 1.44. The maximum absolute atomic E-state index is 5.25. The summed E-state index contributed by atoms with van der Waals surface area (Å²) in [6.45, 7) is 8.47. The van der Waals surface area contributed by atoms with Crippen LogP contribution in [0.3, 0.4) is 0 Å². The standard InChI is InChI=1S/C13H23N3O/c1-9(17-6)7-12-15-10(13(2,3)4)8-11(14-5)16-12/h8-9H,7H2,1-6H3,(H,14,15,16). The lowest BCUT2D eigenvalue weighted by Crippen LogP contribution is -2.18. The Balaban J connectivity index is 3.05. The molecule has 0 radical (unpaired) electrons. The van der Waals surface area contributed by atoms with Crippen LogP contribution in [0.2, 0.25) is 0 Å². The van der Waals surface area contributed by atoms with E-state index in [1.165, 1.54) is 0 Å². The monoisotopic (exact) mass is 237 g/mol. The van der Waals surface area contributed by atoms with Crippen molar-refractivity contribution in [2.45, 2.75) is 45.6 Å². The molecule has 1 heterocycles. The van der Waals surface area contributed by atoms with Crippen LogP contribution in [0.4, 0.5) is 5.82 Å². The number of nitrogens with one attached hydrogen (secondary N) is 1. The zero-order chi connectivity index (χ0) is 13.1. The Kier molecular flexibility index (Phi) is 4.46. The van der Waals surface area contributed by atoms with Gasteiger partial charge in [0.15, 0.2) is 0 Å². The highest BCUT2D eigenvalue weighted by Crippen LogP contribution is 2.22. The Bertz CT molecular complexity index is 371. The summed E-state index contributed by atoms with van der Waals surface area (Å²) in [4.78, 5) is 9.06. The van der Waals surface area contributed by atoms with Gasteiger partial charge >= 0.3 is 0 Å². The highest BCUT2D eigenvalue weighted by Gasteiger charge is 2.18. The van der Waals surface area contributed by atoms with Crippen LogP contribution in [-0.2, 0) is 16.6 Å². The highest BCUT2D eigenvalue weighted by atomic mass is 16.5. The Hall–Kier alpha value is -1.16. The highest BCUT2D eigenvalue weighted by molar-refractivity contribution is 5.37. The van der Waals surface area contributed by atoms with Gasteiger partial charge in [-0.15, -0.1) is 0 Å². The second-order valence-electron chi connectivity index (χ2n) is 5.31. The molecule has 0 saturated carbocycles. The Morgan fingerprint density at radius 2 is 2.00 bits per heavy atom. The molecule has 0 fully saturated rings. The topological polar surface area (TPSA) is 47.0 Å². The maximum atomic E-state index is 5.25. The van der Waals surface area contributed by atoms with Gasteiger partial charge in [0.2, 0.25) is 0 Å². The average Bonchev–Trinajstić information content (AvgIpc) is 2.27. The summed E-state index contributed by atoms with van der Waals surface area (Å²) in [6, 6.07) is 2.00. The fourth-order valence-electron chi connectivity index (χ4n) is 1.44. The molecular weight excluding hydrogens is 214 g/mol. The summed E-state index contributed by atoms with van der Waals surface area (Å²) in [5.74, 6) is 1.69. The largest absolute Gasteiger partial charge is 0.381 e. The quantitative estimate of drug-likeness (QED) is 0.873. The smallest absolute Gasteiger partial charge is 0.133 e. The predicted molar refractivity (Wildman–Crippen MR) is 70.5 cm³/mol. The van der Waals surface area contributed by atoms with Crippen LogP contribution in [0.5, 0.6) is 0 Å². The zero-order valence-electron chi connectivity index (χ0n) is 11.7. The van der Waals surface area contributed by atoms with Crippen molar-refractivity contribution in [1.82, 2.24) is 9.97 Å². The number of nitrogens with zero attached hydrogens (tertiary/aromatic N) is 2. The van der Waals surface area contributed by atoms with Crippen LogP contribution in [0.25, 0.3) is 0 Å². The van der Waals surface area contributed by atoms with Gasteiger partial charge in [0.25, 0.3) is 0 Å². The predicted octanol–water partition coefficient (Wildman–Crippen LogP) is 2.39. The minimum atomic E-state index is 0.0274. The number of aromatic nitrogens is 2. The molecule has 1 aromatic heterocycles. The molecule has 1 N–H and O–H groups in total. The first-order valence-electron chi connectivity index (χ1n) is 5.95. The lowest BCUT2D eigenvalue weighted by Gasteiger charge is -2.20. The molecule has 0 aliphatic heterocycles. The summed E-state index contributed by atoms with van der Waals surface area (Å²) in [7, 11) is 3.58. The van der Waals surface area contributed by atoms with Gasteiger partial charge in [-0.1, -0.05) is 20.8 Å². The van der Waals surface area contributed by atoms with Crippen molar-refractivity contribution in [2.24, 2.45) is 0 Å². The van der Waals surface area contributed by atoms with Crippen molar-refractivity contribution in [3.05, 3.63) is 17.6 Å². The third-order valence-corrected chi connectivity index (χ3v) is 2.67. The van der Waals surface area contributed by atoms with E-state index >= 15 is 0 Å². The van der Waals surface area contributed by atoms with Crippen LogP contribution in [0, 0.1) is 0 Å². The molecular formula is C13H23N3O. The van der Waals surface area contributed by atoms with Gasteiger partial charge in [-0.25, -0.2) is 9.97 Å².